The zero-order valence-electron chi connectivity index (χ0n) is 4.62. The zero-order valence-corrected chi connectivity index (χ0v) is 5.44. The minimum absolute atomic E-state index is 0. The minimum atomic E-state index is -3.29. The summed E-state index contributed by atoms with van der Waals surface area (Å²) in [5, 5.41) is 0. The molecule has 52 valence electrons. The molecule has 0 saturated heterocycles. The predicted octanol–water partition coefficient (Wildman–Crippen LogP) is -1.73. The van der Waals surface area contributed by atoms with E-state index in [1.54, 1.807) is 0 Å². The Morgan fingerprint density at radius 1 is 1.56 bits per heavy atom. The standard InChI is InChI=1S/C3H9NO3S.Na.H/c1-7-8(5,6)3-2-4;;/h2-4H2,1H3;;. The van der Waals surface area contributed by atoms with E-state index in [9.17, 15) is 8.42 Å². The second-order valence-electron chi connectivity index (χ2n) is 1.22. The van der Waals surface area contributed by atoms with E-state index in [-0.39, 0.29) is 41.9 Å². The van der Waals surface area contributed by atoms with Gasteiger partial charge in [-0.25, -0.2) is 0 Å². The van der Waals surface area contributed by atoms with Gasteiger partial charge in [0.25, 0.3) is 10.1 Å². The first kappa shape index (κ1) is 12.5. The maximum atomic E-state index is 10.3. The molecule has 0 atom stereocenters. The van der Waals surface area contributed by atoms with Gasteiger partial charge in [0.15, 0.2) is 0 Å². The second kappa shape index (κ2) is 5.64. The first-order valence-electron chi connectivity index (χ1n) is 2.11. The molecule has 0 heterocycles. The van der Waals surface area contributed by atoms with Crippen molar-refractivity contribution in [2.75, 3.05) is 19.4 Å². The summed E-state index contributed by atoms with van der Waals surface area (Å²) in [6, 6.07) is 0. The molecule has 0 aliphatic carbocycles. The molecule has 9 heavy (non-hydrogen) atoms. The van der Waals surface area contributed by atoms with Crippen LogP contribution in [-0.2, 0) is 14.3 Å². The van der Waals surface area contributed by atoms with Crippen molar-refractivity contribution in [1.82, 2.24) is 0 Å². The van der Waals surface area contributed by atoms with E-state index >= 15 is 0 Å². The molecule has 0 saturated carbocycles. The molecule has 0 spiro atoms. The van der Waals surface area contributed by atoms with Crippen LogP contribution in [0.3, 0.4) is 0 Å². The fourth-order valence-electron chi connectivity index (χ4n) is 0.228. The third-order valence-corrected chi connectivity index (χ3v) is 1.87. The van der Waals surface area contributed by atoms with Crippen LogP contribution in [0.5, 0.6) is 0 Å². The Morgan fingerprint density at radius 2 is 2.00 bits per heavy atom. The maximum absolute atomic E-state index is 10.3. The Labute approximate surface area is 77.2 Å². The number of hydrogen-bond donors (Lipinski definition) is 1. The Morgan fingerprint density at radius 3 is 2.11 bits per heavy atom. The fourth-order valence-corrected chi connectivity index (χ4v) is 0.683. The Kier molecular flexibility index (Phi) is 7.86. The molecule has 0 fully saturated rings. The van der Waals surface area contributed by atoms with Crippen molar-refractivity contribution in [3.63, 3.8) is 0 Å². The first-order valence-corrected chi connectivity index (χ1v) is 3.68. The van der Waals surface area contributed by atoms with E-state index in [1.165, 1.54) is 0 Å². The molecule has 2 N–H and O–H groups in total. The average molecular weight is 163 g/mol. The Hall–Kier alpha value is 0.870. The van der Waals surface area contributed by atoms with Gasteiger partial charge in [-0.1, -0.05) is 0 Å². The number of nitrogens with two attached hydrogens (primary N) is 1. The van der Waals surface area contributed by atoms with Crippen molar-refractivity contribution in [3.05, 3.63) is 0 Å². The van der Waals surface area contributed by atoms with Gasteiger partial charge >= 0.3 is 29.6 Å². The molecule has 0 aliphatic rings. The van der Waals surface area contributed by atoms with Crippen LogP contribution in [0, 0.1) is 0 Å². The summed E-state index contributed by atoms with van der Waals surface area (Å²) in [6.07, 6.45) is 0. The van der Waals surface area contributed by atoms with Crippen molar-refractivity contribution in [2.24, 2.45) is 5.73 Å². The van der Waals surface area contributed by atoms with Gasteiger partial charge in [-0.05, 0) is 0 Å². The van der Waals surface area contributed by atoms with Crippen molar-refractivity contribution in [1.29, 1.82) is 0 Å². The van der Waals surface area contributed by atoms with Crippen molar-refractivity contribution in [3.8, 4) is 0 Å². The van der Waals surface area contributed by atoms with Crippen molar-refractivity contribution in [2.45, 2.75) is 0 Å². The SMILES string of the molecule is COS(=O)(=O)CCN.[NaH]. The fraction of sp³-hybridized carbons (Fsp3) is 1.00. The zero-order chi connectivity index (χ0) is 6.62. The van der Waals surface area contributed by atoms with Crippen LogP contribution >= 0.6 is 0 Å². The van der Waals surface area contributed by atoms with Gasteiger partial charge in [-0.15, -0.1) is 0 Å². The molecule has 0 aromatic rings. The average Bonchev–Trinajstić information content (AvgIpc) is 1.67. The number of hydrogen-bond acceptors (Lipinski definition) is 4. The Bertz CT molecular complexity index is 143. The summed E-state index contributed by atoms with van der Waals surface area (Å²) in [4.78, 5) is 0. The summed E-state index contributed by atoms with van der Waals surface area (Å²) >= 11 is 0. The molecule has 0 amide bonds. The van der Waals surface area contributed by atoms with Crippen LogP contribution in [0.25, 0.3) is 0 Å². The van der Waals surface area contributed by atoms with E-state index in [1.807, 2.05) is 0 Å². The van der Waals surface area contributed by atoms with Gasteiger partial charge in [-0.3, -0.25) is 4.18 Å². The van der Waals surface area contributed by atoms with Crippen LogP contribution in [0.2, 0.25) is 0 Å². The van der Waals surface area contributed by atoms with Crippen LogP contribution in [-0.4, -0.2) is 57.4 Å². The van der Waals surface area contributed by atoms with Crippen LogP contribution in [0.4, 0.5) is 0 Å². The summed E-state index contributed by atoms with van der Waals surface area (Å²) in [5.41, 5.74) is 4.93. The molecule has 0 aliphatic heterocycles. The molecular formula is C3H10NNaO3S. The van der Waals surface area contributed by atoms with E-state index in [4.69, 9.17) is 5.73 Å². The molecule has 0 aromatic carbocycles. The molecule has 0 aromatic heterocycles. The van der Waals surface area contributed by atoms with Gasteiger partial charge in [0.05, 0.1) is 12.9 Å². The molecule has 0 bridgehead atoms. The second-order valence-corrected chi connectivity index (χ2v) is 3.07. The summed E-state index contributed by atoms with van der Waals surface area (Å²) in [7, 11) is -2.18. The first-order chi connectivity index (χ1) is 3.62. The monoisotopic (exact) mass is 163 g/mol. The van der Waals surface area contributed by atoms with E-state index < -0.39 is 10.1 Å². The van der Waals surface area contributed by atoms with Gasteiger partial charge in [0.1, 0.15) is 0 Å². The summed E-state index contributed by atoms with van der Waals surface area (Å²) < 4.78 is 24.7. The molecule has 0 radical (unpaired) electrons. The van der Waals surface area contributed by atoms with Gasteiger partial charge in [-0.2, -0.15) is 8.42 Å². The van der Waals surface area contributed by atoms with E-state index in [2.05, 4.69) is 4.18 Å². The third-order valence-electron chi connectivity index (χ3n) is 0.622. The Balaban J connectivity index is 0. The van der Waals surface area contributed by atoms with Gasteiger partial charge in [0, 0.05) is 6.54 Å². The molecule has 6 heteroatoms. The quantitative estimate of drug-likeness (QED) is 0.396. The van der Waals surface area contributed by atoms with Crippen LogP contribution in [0.1, 0.15) is 0 Å². The number of rotatable bonds is 3. The van der Waals surface area contributed by atoms with Gasteiger partial charge in [0.2, 0.25) is 0 Å². The molecule has 4 nitrogen and oxygen atoms in total. The topological polar surface area (TPSA) is 69.4 Å². The molecule has 0 unspecified atom stereocenters. The van der Waals surface area contributed by atoms with E-state index in [0.717, 1.165) is 7.11 Å². The van der Waals surface area contributed by atoms with Crippen LogP contribution in [0.15, 0.2) is 0 Å². The molecule has 0 rings (SSSR count). The molecular weight excluding hydrogens is 153 g/mol. The summed E-state index contributed by atoms with van der Waals surface area (Å²) in [6.45, 7) is 0.107. The van der Waals surface area contributed by atoms with Crippen molar-refractivity contribution >= 4 is 39.7 Å². The van der Waals surface area contributed by atoms with Gasteiger partial charge < -0.3 is 5.73 Å². The van der Waals surface area contributed by atoms with Crippen LogP contribution < -0.4 is 5.73 Å². The summed E-state index contributed by atoms with van der Waals surface area (Å²) in [5.74, 6) is -0.108. The normalized spacial score (nSPS) is 10.4. The predicted molar refractivity (Wildman–Crippen MR) is 37.0 cm³/mol. The third kappa shape index (κ3) is 6.76. The van der Waals surface area contributed by atoms with E-state index in [0.29, 0.717) is 0 Å². The van der Waals surface area contributed by atoms with Crippen molar-refractivity contribution < 1.29 is 12.6 Å².